The van der Waals surface area contributed by atoms with Gasteiger partial charge in [-0.3, -0.25) is 4.98 Å². The van der Waals surface area contributed by atoms with Crippen LogP contribution in [0.15, 0.2) is 16.9 Å². The lowest BCUT2D eigenvalue weighted by Gasteiger charge is -2.42. The lowest BCUT2D eigenvalue weighted by Crippen LogP contribution is -2.48. The van der Waals surface area contributed by atoms with Crippen LogP contribution in [-0.4, -0.2) is 35.2 Å². The lowest BCUT2D eigenvalue weighted by molar-refractivity contribution is -0.241. The van der Waals surface area contributed by atoms with Gasteiger partial charge in [0.2, 0.25) is 0 Å². The zero-order valence-electron chi connectivity index (χ0n) is 17.5. The first-order chi connectivity index (χ1) is 15.1. The second-order valence-electron chi connectivity index (χ2n) is 9.47. The minimum Gasteiger partial charge on any atom is -0.373 e. The van der Waals surface area contributed by atoms with Crippen molar-refractivity contribution < 1.29 is 18.7 Å². The van der Waals surface area contributed by atoms with E-state index in [9.17, 15) is 0 Å². The van der Waals surface area contributed by atoms with Gasteiger partial charge in [0.25, 0.3) is 0 Å². The first-order valence-corrected chi connectivity index (χ1v) is 12.0. The van der Waals surface area contributed by atoms with Crippen LogP contribution in [-0.2, 0) is 20.8 Å². The second kappa shape index (κ2) is 7.70. The van der Waals surface area contributed by atoms with Gasteiger partial charge < -0.3 is 18.7 Å². The molecule has 2 aromatic heterocycles. The Hall–Kier alpha value is -1.18. The molecule has 6 rings (SSSR count). The molecule has 0 amide bonds. The molecule has 0 radical (unpaired) electrons. The lowest BCUT2D eigenvalue weighted by atomic mass is 9.79. The monoisotopic (exact) mass is 464 g/mol. The summed E-state index contributed by atoms with van der Waals surface area (Å²) >= 11 is 12.8. The fourth-order valence-electron chi connectivity index (χ4n) is 6.02. The molecule has 0 aromatic carbocycles. The molecule has 31 heavy (non-hydrogen) atoms. The third kappa shape index (κ3) is 3.34. The van der Waals surface area contributed by atoms with Gasteiger partial charge in [-0.25, -0.2) is 0 Å². The maximum absolute atomic E-state index is 6.51. The van der Waals surface area contributed by atoms with Crippen molar-refractivity contribution in [3.05, 3.63) is 33.8 Å². The summed E-state index contributed by atoms with van der Waals surface area (Å²) in [5, 5.41) is 5.28. The fraction of sp³-hybridized carbons (Fsp3) is 0.652. The summed E-state index contributed by atoms with van der Waals surface area (Å²) in [5.41, 5.74) is 2.30. The quantitative estimate of drug-likeness (QED) is 0.572. The molecule has 3 aliphatic carbocycles. The Morgan fingerprint density at radius 2 is 1.84 bits per heavy atom. The molecule has 1 aliphatic heterocycles. The highest BCUT2D eigenvalue weighted by Gasteiger charge is 2.61. The molecule has 2 aromatic rings. The second-order valence-corrected chi connectivity index (χ2v) is 10.3. The van der Waals surface area contributed by atoms with E-state index in [2.05, 4.69) is 17.1 Å². The van der Waals surface area contributed by atoms with Gasteiger partial charge >= 0.3 is 0 Å². The Bertz CT molecular complexity index is 966. The molecule has 1 saturated heterocycles. The van der Waals surface area contributed by atoms with Crippen LogP contribution < -0.4 is 0 Å². The van der Waals surface area contributed by atoms with Gasteiger partial charge in [0, 0.05) is 41.3 Å². The number of nitrogens with zero attached hydrogens (tertiary/aromatic N) is 2. The largest absolute Gasteiger partial charge is 0.373 e. The van der Waals surface area contributed by atoms with E-state index < -0.39 is 0 Å². The van der Waals surface area contributed by atoms with Crippen LogP contribution in [0.3, 0.4) is 0 Å². The minimum atomic E-state index is -0.376. The maximum Gasteiger partial charge on any atom is 0.174 e. The van der Waals surface area contributed by atoms with E-state index in [1.807, 2.05) is 0 Å². The molecule has 1 spiro atoms. The first kappa shape index (κ1) is 20.4. The van der Waals surface area contributed by atoms with Crippen LogP contribution in [0.2, 0.25) is 10.0 Å². The zero-order valence-corrected chi connectivity index (χ0v) is 19.0. The minimum absolute atomic E-state index is 0.163. The smallest absolute Gasteiger partial charge is 0.174 e. The van der Waals surface area contributed by atoms with Gasteiger partial charge in [-0.15, -0.1) is 0 Å². The Labute approximate surface area is 191 Å². The molecule has 4 atom stereocenters. The predicted octanol–water partition coefficient (Wildman–Crippen LogP) is 5.62. The van der Waals surface area contributed by atoms with E-state index >= 15 is 0 Å². The normalized spacial score (nSPS) is 31.6. The molecule has 2 bridgehead atoms. The number of halogens is 2. The van der Waals surface area contributed by atoms with Crippen LogP contribution in [0.5, 0.6) is 0 Å². The summed E-state index contributed by atoms with van der Waals surface area (Å²) in [6.45, 7) is 4.16. The number of ether oxygens (including phenoxy) is 3. The first-order valence-electron chi connectivity index (χ1n) is 11.2. The van der Waals surface area contributed by atoms with Crippen LogP contribution in [0, 0.1) is 17.8 Å². The maximum atomic E-state index is 6.51. The Kier molecular flexibility index (Phi) is 5.07. The predicted molar refractivity (Wildman–Crippen MR) is 115 cm³/mol. The standard InChI is InChI=1S/C23H26Cl2N2O4/c1-12-6-14-7-15(8-17(12)23(14)29-4-5-30-23)28-11-16-21(27-31-22(16)13-2-3-13)20-18(24)9-26-10-19(20)25/h9-10,12-15,17H,2-8,11H2,1H3/t12-,14+,15+,17?/m0/s1. The van der Waals surface area contributed by atoms with Crippen molar-refractivity contribution in [2.24, 2.45) is 17.8 Å². The number of rotatable bonds is 5. The molecule has 1 unspecified atom stereocenters. The molecule has 3 heterocycles. The highest BCUT2D eigenvalue weighted by atomic mass is 35.5. The van der Waals surface area contributed by atoms with Crippen LogP contribution in [0.1, 0.15) is 56.3 Å². The summed E-state index contributed by atoms with van der Waals surface area (Å²) in [4.78, 5) is 4.06. The van der Waals surface area contributed by atoms with Gasteiger partial charge in [-0.05, 0) is 38.0 Å². The van der Waals surface area contributed by atoms with Crippen molar-refractivity contribution in [3.63, 3.8) is 0 Å². The van der Waals surface area contributed by atoms with Crippen molar-refractivity contribution in [1.82, 2.24) is 10.1 Å². The highest BCUT2D eigenvalue weighted by Crippen LogP contribution is 2.57. The number of pyridine rings is 1. The third-order valence-electron chi connectivity index (χ3n) is 7.55. The summed E-state index contributed by atoms with van der Waals surface area (Å²) in [6.07, 6.45) is 8.60. The molecule has 0 N–H and O–H groups in total. The van der Waals surface area contributed by atoms with Gasteiger partial charge in [0.1, 0.15) is 11.5 Å². The van der Waals surface area contributed by atoms with Crippen molar-refractivity contribution in [2.75, 3.05) is 13.2 Å². The van der Waals surface area contributed by atoms with Gasteiger partial charge in [0.15, 0.2) is 5.79 Å². The van der Waals surface area contributed by atoms with E-state index in [0.717, 1.165) is 43.4 Å². The van der Waals surface area contributed by atoms with E-state index in [1.165, 1.54) is 0 Å². The van der Waals surface area contributed by atoms with E-state index in [0.29, 0.717) is 64.8 Å². The van der Waals surface area contributed by atoms with Crippen molar-refractivity contribution in [1.29, 1.82) is 0 Å². The number of aromatic nitrogens is 2. The van der Waals surface area contributed by atoms with Crippen LogP contribution in [0.25, 0.3) is 11.3 Å². The molecular formula is C23H26Cl2N2O4. The van der Waals surface area contributed by atoms with Gasteiger partial charge in [0.05, 0.1) is 36.0 Å². The van der Waals surface area contributed by atoms with Gasteiger partial charge in [-0.2, -0.15) is 0 Å². The Morgan fingerprint density at radius 1 is 1.10 bits per heavy atom. The van der Waals surface area contributed by atoms with Crippen molar-refractivity contribution >= 4 is 23.2 Å². The Balaban J connectivity index is 1.25. The average Bonchev–Trinajstić information content (AvgIpc) is 3.30. The molecule has 3 saturated carbocycles. The average molecular weight is 465 g/mol. The third-order valence-corrected chi connectivity index (χ3v) is 8.13. The molecule has 166 valence electrons. The number of hydrogen-bond donors (Lipinski definition) is 0. The fourth-order valence-corrected chi connectivity index (χ4v) is 6.57. The van der Waals surface area contributed by atoms with Crippen molar-refractivity contribution in [2.45, 2.75) is 63.4 Å². The van der Waals surface area contributed by atoms with E-state index in [1.54, 1.807) is 12.4 Å². The van der Waals surface area contributed by atoms with E-state index in [4.69, 9.17) is 41.9 Å². The SMILES string of the molecule is C[C@H]1C[C@@H]2C[C@@H](OCc3c(-c4c(Cl)cncc4Cl)noc3C3CC3)CC1C21OCCO1. The van der Waals surface area contributed by atoms with Crippen LogP contribution in [0.4, 0.5) is 0 Å². The summed E-state index contributed by atoms with van der Waals surface area (Å²) in [5.74, 6) is 2.30. The topological polar surface area (TPSA) is 66.6 Å². The molecule has 6 nitrogen and oxygen atoms in total. The molecule has 8 heteroatoms. The van der Waals surface area contributed by atoms with E-state index in [-0.39, 0.29) is 11.9 Å². The molecular weight excluding hydrogens is 439 g/mol. The summed E-state index contributed by atoms with van der Waals surface area (Å²) in [7, 11) is 0. The summed E-state index contributed by atoms with van der Waals surface area (Å²) < 4.78 is 24.6. The van der Waals surface area contributed by atoms with Gasteiger partial charge in [-0.1, -0.05) is 35.3 Å². The Morgan fingerprint density at radius 3 is 2.52 bits per heavy atom. The summed E-state index contributed by atoms with van der Waals surface area (Å²) in [6, 6.07) is 0. The molecule has 4 aliphatic rings. The van der Waals surface area contributed by atoms with Crippen molar-refractivity contribution in [3.8, 4) is 11.3 Å². The highest BCUT2D eigenvalue weighted by molar-refractivity contribution is 6.38. The number of hydrogen-bond acceptors (Lipinski definition) is 6. The van der Waals surface area contributed by atoms with Crippen LogP contribution >= 0.6 is 23.2 Å². The molecule has 4 fully saturated rings. The zero-order chi connectivity index (χ0) is 21.2.